The lowest BCUT2D eigenvalue weighted by Gasteiger charge is -2.16. The van der Waals surface area contributed by atoms with Crippen LogP contribution in [0.25, 0.3) is 0 Å². The molecule has 0 aliphatic carbocycles. The van der Waals surface area contributed by atoms with E-state index in [1.54, 1.807) is 0 Å². The third kappa shape index (κ3) is 1.12. The summed E-state index contributed by atoms with van der Waals surface area (Å²) < 4.78 is 9.91. The monoisotopic (exact) mass is 207 g/mol. The van der Waals surface area contributed by atoms with Gasteiger partial charge in [0.25, 0.3) is 0 Å². The Morgan fingerprint density at radius 1 is 1.57 bits per heavy atom. The van der Waals surface area contributed by atoms with Crippen LogP contribution in [0.4, 0.5) is 0 Å². The van der Waals surface area contributed by atoms with E-state index in [0.29, 0.717) is 0 Å². The Bertz CT molecular complexity index is 259. The highest BCUT2D eigenvalue weighted by Gasteiger charge is 2.65. The van der Waals surface area contributed by atoms with Crippen LogP contribution in [-0.2, 0) is 14.4 Å². The Morgan fingerprint density at radius 3 is 2.86 bits per heavy atom. The molecule has 2 rings (SSSR count). The summed E-state index contributed by atoms with van der Waals surface area (Å²) in [4.78, 5) is 13.7. The summed E-state index contributed by atoms with van der Waals surface area (Å²) in [6.07, 6.45) is -2.67. The summed E-state index contributed by atoms with van der Waals surface area (Å²) in [5.41, 5.74) is -2.24. The zero-order valence-electron chi connectivity index (χ0n) is 7.03. The van der Waals surface area contributed by atoms with Gasteiger partial charge in [0.15, 0.2) is 6.10 Å². The molecule has 80 valence electrons. The fraction of sp³-hybridized carbons (Fsp3) is 1.00. The molecule has 0 spiro atoms. The predicted octanol–water partition coefficient (Wildman–Crippen LogP) is -1.39. The molecule has 2 heterocycles. The molecule has 0 bridgehead atoms. The van der Waals surface area contributed by atoms with Crippen LogP contribution in [-0.4, -0.2) is 52.5 Å². The molecule has 2 saturated heterocycles. The minimum atomic E-state index is -2.24. The van der Waals surface area contributed by atoms with Gasteiger partial charge in [-0.3, -0.25) is 15.4 Å². The summed E-state index contributed by atoms with van der Waals surface area (Å²) >= 11 is 0. The summed E-state index contributed by atoms with van der Waals surface area (Å²) in [5, 5.41) is 28.5. The molecule has 8 nitrogen and oxygen atoms in total. The molecule has 2 N–H and O–H groups in total. The Hall–Kier alpha value is -0.800. The zero-order valence-corrected chi connectivity index (χ0v) is 7.03. The van der Waals surface area contributed by atoms with E-state index in [4.69, 9.17) is 14.7 Å². The molecule has 8 heteroatoms. The lowest BCUT2D eigenvalue weighted by molar-refractivity contribution is -0.631. The van der Waals surface area contributed by atoms with Gasteiger partial charge in [-0.2, -0.15) is 0 Å². The number of rotatable bonds is 2. The van der Waals surface area contributed by atoms with Crippen molar-refractivity contribution in [3.63, 3.8) is 0 Å². The van der Waals surface area contributed by atoms with Crippen molar-refractivity contribution in [3.8, 4) is 0 Å². The van der Waals surface area contributed by atoms with Crippen molar-refractivity contribution in [2.24, 2.45) is 0 Å². The van der Waals surface area contributed by atoms with Crippen molar-refractivity contribution in [1.29, 1.82) is 0 Å². The van der Waals surface area contributed by atoms with Crippen LogP contribution in [0.3, 0.4) is 0 Å². The van der Waals surface area contributed by atoms with Crippen molar-refractivity contribution in [2.45, 2.75) is 24.0 Å². The number of ether oxygens (including phenoxy) is 2. The molecule has 0 radical (unpaired) electrons. The molecule has 0 amide bonds. The molecular weight excluding hydrogens is 198 g/mol. The molecule has 0 aromatic carbocycles. The van der Waals surface area contributed by atoms with E-state index in [0.717, 1.165) is 0 Å². The third-order valence-electron chi connectivity index (χ3n) is 2.50. The number of fused-ring (bicyclic) bond motifs is 1. The smallest absolute Gasteiger partial charge is 0.362 e. The maximum absolute atomic E-state index is 10.6. The summed E-state index contributed by atoms with van der Waals surface area (Å²) in [5.74, 6) is 0. The van der Waals surface area contributed by atoms with Crippen LogP contribution in [0.5, 0.6) is 0 Å². The van der Waals surface area contributed by atoms with Gasteiger partial charge in [0.1, 0.15) is 18.8 Å². The van der Waals surface area contributed by atoms with Gasteiger partial charge in [0.05, 0.1) is 11.5 Å². The number of hydrogen-bond donors (Lipinski definition) is 2. The first-order chi connectivity index (χ1) is 6.59. The zero-order chi connectivity index (χ0) is 10.3. The maximum Gasteiger partial charge on any atom is 0.374 e. The predicted molar refractivity (Wildman–Crippen MR) is 38.9 cm³/mol. The average Bonchev–Trinajstić information content (AvgIpc) is 2.68. The normalized spacial score (nSPS) is 46.6. The Balaban J connectivity index is 2.18. The van der Waals surface area contributed by atoms with E-state index in [2.05, 4.69) is 4.89 Å². The van der Waals surface area contributed by atoms with E-state index in [-0.39, 0.29) is 6.61 Å². The van der Waals surface area contributed by atoms with Crippen molar-refractivity contribution in [1.82, 2.24) is 0 Å². The number of nitrogens with zero attached hydrogens (tertiary/aromatic N) is 1. The number of nitro groups is 1. The first kappa shape index (κ1) is 9.74. The van der Waals surface area contributed by atoms with Crippen molar-refractivity contribution < 1.29 is 29.6 Å². The number of aliphatic hydroxyl groups is 1. The van der Waals surface area contributed by atoms with E-state index in [1.807, 2.05) is 0 Å². The first-order valence-electron chi connectivity index (χ1n) is 4.00. The fourth-order valence-electron chi connectivity index (χ4n) is 1.72. The van der Waals surface area contributed by atoms with Gasteiger partial charge in [-0.05, 0) is 0 Å². The second-order valence-electron chi connectivity index (χ2n) is 3.31. The van der Waals surface area contributed by atoms with Gasteiger partial charge in [-0.1, -0.05) is 0 Å². The van der Waals surface area contributed by atoms with E-state index in [9.17, 15) is 15.2 Å². The maximum atomic E-state index is 10.6. The SMILES string of the molecule is O=[N+]([O-])[C@@]1(O)CO[C@@H]2[C@@H](OO)CO[C@@H]21. The van der Waals surface area contributed by atoms with Gasteiger partial charge >= 0.3 is 5.72 Å². The van der Waals surface area contributed by atoms with Crippen LogP contribution >= 0.6 is 0 Å². The molecule has 2 aliphatic rings. The largest absolute Gasteiger partial charge is 0.374 e. The Labute approximate surface area is 78.1 Å². The van der Waals surface area contributed by atoms with Gasteiger partial charge in [0, 0.05) is 0 Å². The van der Waals surface area contributed by atoms with Crippen LogP contribution in [0, 0.1) is 10.1 Å². The van der Waals surface area contributed by atoms with E-state index < -0.39 is 35.6 Å². The minimum Gasteiger partial charge on any atom is -0.362 e. The van der Waals surface area contributed by atoms with Crippen LogP contribution in [0.1, 0.15) is 0 Å². The lowest BCUT2D eigenvalue weighted by Crippen LogP contribution is -2.50. The quantitative estimate of drug-likeness (QED) is 0.248. The summed E-state index contributed by atoms with van der Waals surface area (Å²) in [7, 11) is 0. The van der Waals surface area contributed by atoms with Gasteiger partial charge in [-0.15, -0.1) is 0 Å². The molecule has 0 aromatic heterocycles. The second-order valence-corrected chi connectivity index (χ2v) is 3.31. The van der Waals surface area contributed by atoms with Crippen molar-refractivity contribution >= 4 is 0 Å². The topological polar surface area (TPSA) is 111 Å². The van der Waals surface area contributed by atoms with Crippen molar-refractivity contribution in [3.05, 3.63) is 10.1 Å². The Kier molecular flexibility index (Phi) is 2.16. The lowest BCUT2D eigenvalue weighted by atomic mass is 10.1. The molecule has 0 saturated carbocycles. The number of hydrogen-bond acceptors (Lipinski definition) is 7. The van der Waals surface area contributed by atoms with Crippen LogP contribution < -0.4 is 0 Å². The van der Waals surface area contributed by atoms with Crippen LogP contribution in [0.2, 0.25) is 0 Å². The molecule has 2 aliphatic heterocycles. The van der Waals surface area contributed by atoms with Gasteiger partial charge < -0.3 is 14.6 Å². The third-order valence-corrected chi connectivity index (χ3v) is 2.50. The van der Waals surface area contributed by atoms with Gasteiger partial charge in [-0.25, -0.2) is 4.89 Å². The summed E-state index contributed by atoms with van der Waals surface area (Å²) in [6, 6.07) is 0. The molecular formula is C6H9NO7. The standard InChI is InChI=1S/C6H9NO7/c8-6(7(9)10)2-13-4-3(14-11)1-12-5(4)6/h3-5,8,11H,1-2H2/t3-,4+,5-,6+/m0/s1. The fourth-order valence-corrected chi connectivity index (χ4v) is 1.72. The van der Waals surface area contributed by atoms with E-state index >= 15 is 0 Å². The first-order valence-corrected chi connectivity index (χ1v) is 4.00. The average molecular weight is 207 g/mol. The van der Waals surface area contributed by atoms with Gasteiger partial charge in [0.2, 0.25) is 0 Å². The molecule has 14 heavy (non-hydrogen) atoms. The summed E-state index contributed by atoms with van der Waals surface area (Å²) in [6.45, 7) is -0.503. The molecule has 2 fully saturated rings. The molecule has 4 atom stereocenters. The second kappa shape index (κ2) is 3.11. The highest BCUT2D eigenvalue weighted by molar-refractivity contribution is 4.98. The van der Waals surface area contributed by atoms with Crippen molar-refractivity contribution in [2.75, 3.05) is 13.2 Å². The van der Waals surface area contributed by atoms with E-state index in [1.165, 1.54) is 0 Å². The highest BCUT2D eigenvalue weighted by atomic mass is 17.1. The highest BCUT2D eigenvalue weighted by Crippen LogP contribution is 2.35. The molecule has 0 aromatic rings. The Morgan fingerprint density at radius 2 is 2.29 bits per heavy atom. The molecule has 0 unspecified atom stereocenters. The van der Waals surface area contributed by atoms with Crippen LogP contribution in [0.15, 0.2) is 0 Å². The minimum absolute atomic E-state index is 0.0397.